The highest BCUT2D eigenvalue weighted by Gasteiger charge is 2.29. The summed E-state index contributed by atoms with van der Waals surface area (Å²) in [6, 6.07) is 4.37. The molecule has 2 rings (SSSR count). The molecule has 2 unspecified atom stereocenters. The van der Waals surface area contributed by atoms with Crippen LogP contribution in [0.4, 0.5) is 5.69 Å². The van der Waals surface area contributed by atoms with E-state index in [0.29, 0.717) is 0 Å². The Morgan fingerprint density at radius 3 is 2.72 bits per heavy atom. The zero-order valence-electron chi connectivity index (χ0n) is 11.0. The maximum absolute atomic E-state index is 12.2. The summed E-state index contributed by atoms with van der Waals surface area (Å²) in [7, 11) is 0. The summed E-state index contributed by atoms with van der Waals surface area (Å²) in [5.74, 6) is 0.178. The Morgan fingerprint density at radius 1 is 1.44 bits per heavy atom. The fraction of sp³-hybridized carbons (Fsp3) is 0.500. The van der Waals surface area contributed by atoms with Gasteiger partial charge in [-0.25, -0.2) is 0 Å². The minimum Gasteiger partial charge on any atom is -0.325 e. The van der Waals surface area contributed by atoms with Crippen molar-refractivity contribution in [2.45, 2.75) is 33.2 Å². The maximum Gasteiger partial charge on any atom is 0.229 e. The monoisotopic (exact) mass is 310 g/mol. The summed E-state index contributed by atoms with van der Waals surface area (Å²) in [5.41, 5.74) is 3.17. The largest absolute Gasteiger partial charge is 0.325 e. The number of amides is 1. The van der Waals surface area contributed by atoms with E-state index >= 15 is 0 Å². The molecule has 1 saturated heterocycles. The molecule has 1 fully saturated rings. The third-order valence-electron chi connectivity index (χ3n) is 3.54. The van der Waals surface area contributed by atoms with Gasteiger partial charge in [0, 0.05) is 10.5 Å². The van der Waals surface area contributed by atoms with Crippen LogP contribution in [-0.4, -0.2) is 18.5 Å². The number of anilines is 1. The van der Waals surface area contributed by atoms with Crippen LogP contribution in [0.25, 0.3) is 0 Å². The average molecular weight is 311 g/mol. The number of carbonyl (C=O) groups excluding carboxylic acids is 1. The van der Waals surface area contributed by atoms with Crippen molar-refractivity contribution in [3.63, 3.8) is 0 Å². The quantitative estimate of drug-likeness (QED) is 0.881. The van der Waals surface area contributed by atoms with E-state index in [1.807, 2.05) is 19.9 Å². The first-order valence-corrected chi connectivity index (χ1v) is 7.09. The molecular weight excluding hydrogens is 292 g/mol. The minimum atomic E-state index is 0.0672. The van der Waals surface area contributed by atoms with Crippen molar-refractivity contribution in [3.8, 4) is 0 Å². The minimum absolute atomic E-state index is 0.0672. The first-order chi connectivity index (χ1) is 8.49. The van der Waals surface area contributed by atoms with Crippen LogP contribution < -0.4 is 10.6 Å². The zero-order chi connectivity index (χ0) is 13.3. The van der Waals surface area contributed by atoms with E-state index in [2.05, 4.69) is 39.6 Å². The lowest BCUT2D eigenvalue weighted by molar-refractivity contribution is -0.120. The predicted molar refractivity (Wildman–Crippen MR) is 77.8 cm³/mol. The van der Waals surface area contributed by atoms with Crippen LogP contribution in [0.15, 0.2) is 16.6 Å². The van der Waals surface area contributed by atoms with Gasteiger partial charge in [-0.05, 0) is 66.9 Å². The summed E-state index contributed by atoms with van der Waals surface area (Å²) in [6.07, 6.45) is 0.912. The third-order valence-corrected chi connectivity index (χ3v) is 4.17. The van der Waals surface area contributed by atoms with Crippen LogP contribution in [0.1, 0.15) is 24.5 Å². The molecule has 2 N–H and O–H groups in total. The Bertz CT molecular complexity index is 450. The Hall–Kier alpha value is -0.870. The molecule has 0 radical (unpaired) electrons. The standard InChI is InChI=1S/C14H19BrN2O/c1-8-6-9(2)13(12(15)7-8)17-14(18)11-4-5-16-10(11)3/h6-7,10-11,16H,4-5H2,1-3H3,(H,17,18). The zero-order valence-corrected chi connectivity index (χ0v) is 12.6. The van der Waals surface area contributed by atoms with Gasteiger partial charge in [0.25, 0.3) is 0 Å². The van der Waals surface area contributed by atoms with Crippen molar-refractivity contribution in [2.24, 2.45) is 5.92 Å². The second kappa shape index (κ2) is 5.41. The first kappa shape index (κ1) is 13.6. The van der Waals surface area contributed by atoms with E-state index < -0.39 is 0 Å². The highest BCUT2D eigenvalue weighted by Crippen LogP contribution is 2.29. The lowest BCUT2D eigenvalue weighted by atomic mass is 10.0. The van der Waals surface area contributed by atoms with Gasteiger partial charge in [0.2, 0.25) is 5.91 Å². The number of hydrogen-bond acceptors (Lipinski definition) is 2. The van der Waals surface area contributed by atoms with Crippen molar-refractivity contribution < 1.29 is 4.79 Å². The molecule has 1 aromatic carbocycles. The highest BCUT2D eigenvalue weighted by atomic mass is 79.9. The summed E-state index contributed by atoms with van der Waals surface area (Å²) in [5, 5.41) is 6.35. The van der Waals surface area contributed by atoms with Crippen molar-refractivity contribution in [3.05, 3.63) is 27.7 Å². The van der Waals surface area contributed by atoms with Gasteiger partial charge in [0.15, 0.2) is 0 Å². The van der Waals surface area contributed by atoms with Gasteiger partial charge in [-0.2, -0.15) is 0 Å². The van der Waals surface area contributed by atoms with Crippen LogP contribution in [0.2, 0.25) is 0 Å². The molecule has 1 amide bonds. The molecule has 0 spiro atoms. The van der Waals surface area contributed by atoms with E-state index in [0.717, 1.165) is 28.7 Å². The Kier molecular flexibility index (Phi) is 4.07. The van der Waals surface area contributed by atoms with E-state index in [9.17, 15) is 4.79 Å². The molecule has 1 aliphatic heterocycles. The molecule has 0 bridgehead atoms. The van der Waals surface area contributed by atoms with Gasteiger partial charge in [-0.3, -0.25) is 4.79 Å². The van der Waals surface area contributed by atoms with Gasteiger partial charge in [-0.1, -0.05) is 6.07 Å². The first-order valence-electron chi connectivity index (χ1n) is 6.30. The lowest BCUT2D eigenvalue weighted by Gasteiger charge is -2.17. The van der Waals surface area contributed by atoms with Crippen LogP contribution >= 0.6 is 15.9 Å². The molecule has 98 valence electrons. The molecular formula is C14H19BrN2O. The van der Waals surface area contributed by atoms with Crippen molar-refractivity contribution >= 4 is 27.5 Å². The summed E-state index contributed by atoms with van der Waals surface area (Å²) < 4.78 is 0.951. The highest BCUT2D eigenvalue weighted by molar-refractivity contribution is 9.10. The Labute approximate surface area is 116 Å². The molecule has 1 heterocycles. The molecule has 3 nitrogen and oxygen atoms in total. The maximum atomic E-state index is 12.2. The lowest BCUT2D eigenvalue weighted by Crippen LogP contribution is -2.32. The number of hydrogen-bond donors (Lipinski definition) is 2. The Balaban J connectivity index is 2.17. The number of nitrogens with one attached hydrogen (secondary N) is 2. The van der Waals surface area contributed by atoms with Crippen LogP contribution in [0.3, 0.4) is 0 Å². The summed E-state index contributed by atoms with van der Waals surface area (Å²) in [6.45, 7) is 7.05. The van der Waals surface area contributed by atoms with Gasteiger partial charge in [-0.15, -0.1) is 0 Å². The molecule has 0 aliphatic carbocycles. The number of benzene rings is 1. The van der Waals surface area contributed by atoms with Gasteiger partial charge in [0.05, 0.1) is 11.6 Å². The smallest absolute Gasteiger partial charge is 0.229 e. The van der Waals surface area contributed by atoms with Crippen molar-refractivity contribution in [1.82, 2.24) is 5.32 Å². The molecule has 4 heteroatoms. The molecule has 18 heavy (non-hydrogen) atoms. The van der Waals surface area contributed by atoms with E-state index in [1.165, 1.54) is 5.56 Å². The molecule has 1 aliphatic rings. The number of rotatable bonds is 2. The van der Waals surface area contributed by atoms with Crippen LogP contribution in [-0.2, 0) is 4.79 Å². The topological polar surface area (TPSA) is 41.1 Å². The van der Waals surface area contributed by atoms with Crippen molar-refractivity contribution in [1.29, 1.82) is 0 Å². The third kappa shape index (κ3) is 2.75. The van der Waals surface area contributed by atoms with Gasteiger partial charge >= 0.3 is 0 Å². The van der Waals surface area contributed by atoms with E-state index in [4.69, 9.17) is 0 Å². The Morgan fingerprint density at radius 2 is 2.17 bits per heavy atom. The second-order valence-electron chi connectivity index (χ2n) is 5.07. The molecule has 0 saturated carbocycles. The fourth-order valence-electron chi connectivity index (χ4n) is 2.51. The number of carbonyl (C=O) groups is 1. The number of aryl methyl sites for hydroxylation is 2. The van der Waals surface area contributed by atoms with E-state index in [1.54, 1.807) is 0 Å². The van der Waals surface area contributed by atoms with Gasteiger partial charge < -0.3 is 10.6 Å². The predicted octanol–water partition coefficient (Wildman–Crippen LogP) is 3.00. The summed E-state index contributed by atoms with van der Waals surface area (Å²) >= 11 is 3.52. The average Bonchev–Trinajstić information content (AvgIpc) is 2.69. The van der Waals surface area contributed by atoms with Crippen molar-refractivity contribution in [2.75, 3.05) is 11.9 Å². The van der Waals surface area contributed by atoms with Gasteiger partial charge in [0.1, 0.15) is 0 Å². The second-order valence-corrected chi connectivity index (χ2v) is 5.92. The van der Waals surface area contributed by atoms with E-state index in [-0.39, 0.29) is 17.9 Å². The molecule has 0 aromatic heterocycles. The SMILES string of the molecule is Cc1cc(C)c(NC(=O)C2CCNC2C)c(Br)c1. The normalized spacial score (nSPS) is 23.1. The number of halogens is 1. The van der Waals surface area contributed by atoms with Crippen LogP contribution in [0.5, 0.6) is 0 Å². The molecule has 1 aromatic rings. The molecule has 2 atom stereocenters. The van der Waals surface area contributed by atoms with Crippen LogP contribution in [0, 0.1) is 19.8 Å². The summed E-state index contributed by atoms with van der Waals surface area (Å²) in [4.78, 5) is 12.2. The fourth-order valence-corrected chi connectivity index (χ4v) is 3.28.